The maximum absolute atomic E-state index is 12.2. The number of aliphatic hydroxyl groups is 1. The van der Waals surface area contributed by atoms with Crippen molar-refractivity contribution in [3.05, 3.63) is 34.9 Å². The zero-order valence-electron chi connectivity index (χ0n) is 11.9. The predicted octanol–water partition coefficient (Wildman–Crippen LogP) is 3.04. The van der Waals surface area contributed by atoms with E-state index in [4.69, 9.17) is 11.6 Å². The highest BCUT2D eigenvalue weighted by atomic mass is 35.5. The lowest BCUT2D eigenvalue weighted by atomic mass is 9.98. The van der Waals surface area contributed by atoms with E-state index in [0.717, 1.165) is 30.0 Å². The average Bonchev–Trinajstić information content (AvgIpc) is 2.58. The van der Waals surface area contributed by atoms with Crippen molar-refractivity contribution in [2.75, 3.05) is 13.1 Å². The normalized spacial score (nSPS) is 23.4. The second-order valence-corrected chi connectivity index (χ2v) is 6.23. The van der Waals surface area contributed by atoms with Gasteiger partial charge in [0.05, 0.1) is 5.60 Å². The van der Waals surface area contributed by atoms with E-state index in [0.29, 0.717) is 25.8 Å². The Labute approximate surface area is 125 Å². The van der Waals surface area contributed by atoms with E-state index in [1.165, 1.54) is 0 Å². The smallest absolute Gasteiger partial charge is 0.222 e. The Hall–Kier alpha value is -1.06. The zero-order valence-corrected chi connectivity index (χ0v) is 12.7. The minimum absolute atomic E-state index is 0.155. The first-order chi connectivity index (χ1) is 9.48. The number of benzene rings is 1. The number of likely N-dealkylation sites (tertiary alicyclic amines) is 1. The predicted molar refractivity (Wildman–Crippen MR) is 80.8 cm³/mol. The van der Waals surface area contributed by atoms with Crippen molar-refractivity contribution in [3.8, 4) is 0 Å². The van der Waals surface area contributed by atoms with Crippen LogP contribution in [0.1, 0.15) is 38.2 Å². The molecule has 110 valence electrons. The molecular formula is C16H22ClNO2. The number of aryl methyl sites for hydroxylation is 1. The molecule has 0 spiro atoms. The van der Waals surface area contributed by atoms with E-state index >= 15 is 0 Å². The zero-order chi connectivity index (χ0) is 14.6. The third-order valence-electron chi connectivity index (χ3n) is 3.98. The standard InChI is InChI=1S/C16H22ClNO2/c1-16(20)9-4-11-18(12-10-16)15(19)8-7-13-5-2-3-6-14(13)17/h2-3,5-6,20H,4,7-12H2,1H3. The minimum atomic E-state index is -0.627. The quantitative estimate of drug-likeness (QED) is 0.931. The summed E-state index contributed by atoms with van der Waals surface area (Å²) in [5.74, 6) is 0.155. The Morgan fingerprint density at radius 2 is 2.10 bits per heavy atom. The third kappa shape index (κ3) is 4.22. The van der Waals surface area contributed by atoms with Gasteiger partial charge < -0.3 is 10.0 Å². The molecule has 1 amide bonds. The maximum Gasteiger partial charge on any atom is 0.222 e. The van der Waals surface area contributed by atoms with Crippen molar-refractivity contribution in [1.29, 1.82) is 0 Å². The van der Waals surface area contributed by atoms with Gasteiger partial charge in [0.15, 0.2) is 0 Å². The van der Waals surface area contributed by atoms with E-state index in [1.54, 1.807) is 0 Å². The molecule has 1 N–H and O–H groups in total. The fraction of sp³-hybridized carbons (Fsp3) is 0.562. The van der Waals surface area contributed by atoms with Crippen LogP contribution >= 0.6 is 11.6 Å². The number of amides is 1. The van der Waals surface area contributed by atoms with Gasteiger partial charge >= 0.3 is 0 Å². The van der Waals surface area contributed by atoms with Crippen LogP contribution in [0.4, 0.5) is 0 Å². The summed E-state index contributed by atoms with van der Waals surface area (Å²) < 4.78 is 0. The Morgan fingerprint density at radius 1 is 1.35 bits per heavy atom. The number of halogens is 1. The molecule has 0 saturated carbocycles. The summed E-state index contributed by atoms with van der Waals surface area (Å²) in [4.78, 5) is 14.1. The van der Waals surface area contributed by atoms with E-state index in [-0.39, 0.29) is 5.91 Å². The Kier molecular flexibility index (Phi) is 5.06. The Bertz CT molecular complexity index is 473. The van der Waals surface area contributed by atoms with E-state index in [2.05, 4.69) is 0 Å². The highest BCUT2D eigenvalue weighted by molar-refractivity contribution is 6.31. The molecule has 0 aromatic heterocycles. The Balaban J connectivity index is 1.87. The monoisotopic (exact) mass is 295 g/mol. The summed E-state index contributed by atoms with van der Waals surface area (Å²) in [5, 5.41) is 10.8. The van der Waals surface area contributed by atoms with Gasteiger partial charge in [0.25, 0.3) is 0 Å². The number of rotatable bonds is 3. The summed E-state index contributed by atoms with van der Waals surface area (Å²) in [6.45, 7) is 3.25. The summed E-state index contributed by atoms with van der Waals surface area (Å²) in [5.41, 5.74) is 0.391. The molecule has 1 aromatic carbocycles. The fourth-order valence-electron chi connectivity index (χ4n) is 2.61. The molecule has 4 heteroatoms. The van der Waals surface area contributed by atoms with Crippen molar-refractivity contribution in [1.82, 2.24) is 4.90 Å². The molecule has 1 fully saturated rings. The van der Waals surface area contributed by atoms with Gasteiger partial charge in [-0.15, -0.1) is 0 Å². The lowest BCUT2D eigenvalue weighted by Gasteiger charge is -2.22. The SMILES string of the molecule is CC1(O)CCCN(C(=O)CCc2ccccc2Cl)CC1. The molecule has 2 rings (SSSR count). The molecule has 1 aliphatic rings. The van der Waals surface area contributed by atoms with Gasteiger partial charge in [0.2, 0.25) is 5.91 Å². The van der Waals surface area contributed by atoms with Gasteiger partial charge in [-0.05, 0) is 44.2 Å². The minimum Gasteiger partial charge on any atom is -0.390 e. The highest BCUT2D eigenvalue weighted by Crippen LogP contribution is 2.22. The number of hydrogen-bond donors (Lipinski definition) is 1. The molecule has 0 bridgehead atoms. The molecule has 1 aromatic rings. The molecule has 3 nitrogen and oxygen atoms in total. The molecule has 1 saturated heterocycles. The van der Waals surface area contributed by atoms with Gasteiger partial charge in [-0.2, -0.15) is 0 Å². The lowest BCUT2D eigenvalue weighted by molar-refractivity contribution is -0.131. The molecule has 1 aliphatic heterocycles. The first-order valence-electron chi connectivity index (χ1n) is 7.21. The molecule has 1 atom stereocenters. The maximum atomic E-state index is 12.2. The second-order valence-electron chi connectivity index (χ2n) is 5.82. The molecule has 20 heavy (non-hydrogen) atoms. The van der Waals surface area contributed by atoms with Crippen molar-refractivity contribution in [2.45, 2.75) is 44.6 Å². The lowest BCUT2D eigenvalue weighted by Crippen LogP contribution is -2.33. The van der Waals surface area contributed by atoms with Crippen LogP contribution in [-0.2, 0) is 11.2 Å². The van der Waals surface area contributed by atoms with Crippen molar-refractivity contribution in [3.63, 3.8) is 0 Å². The van der Waals surface area contributed by atoms with Crippen LogP contribution in [0, 0.1) is 0 Å². The second kappa shape index (κ2) is 6.59. The number of hydrogen-bond acceptors (Lipinski definition) is 2. The summed E-state index contributed by atoms with van der Waals surface area (Å²) in [6.07, 6.45) is 3.44. The first-order valence-corrected chi connectivity index (χ1v) is 7.59. The molecule has 0 radical (unpaired) electrons. The van der Waals surface area contributed by atoms with Gasteiger partial charge in [-0.3, -0.25) is 4.79 Å². The van der Waals surface area contributed by atoms with Gasteiger partial charge in [-0.1, -0.05) is 29.8 Å². The number of nitrogens with zero attached hydrogens (tertiary/aromatic N) is 1. The van der Waals surface area contributed by atoms with Crippen LogP contribution in [0.15, 0.2) is 24.3 Å². The Morgan fingerprint density at radius 3 is 2.85 bits per heavy atom. The van der Waals surface area contributed by atoms with Crippen LogP contribution in [0.25, 0.3) is 0 Å². The van der Waals surface area contributed by atoms with E-state index in [1.807, 2.05) is 36.1 Å². The first kappa shape index (κ1) is 15.3. The van der Waals surface area contributed by atoms with Crippen LogP contribution in [0.3, 0.4) is 0 Å². The summed E-state index contributed by atoms with van der Waals surface area (Å²) >= 11 is 6.10. The third-order valence-corrected chi connectivity index (χ3v) is 4.35. The van der Waals surface area contributed by atoms with Gasteiger partial charge in [-0.25, -0.2) is 0 Å². The van der Waals surface area contributed by atoms with Crippen LogP contribution in [-0.4, -0.2) is 34.6 Å². The van der Waals surface area contributed by atoms with E-state index < -0.39 is 5.60 Å². The van der Waals surface area contributed by atoms with Crippen molar-refractivity contribution < 1.29 is 9.90 Å². The number of carbonyl (C=O) groups is 1. The summed E-state index contributed by atoms with van der Waals surface area (Å²) in [7, 11) is 0. The van der Waals surface area contributed by atoms with E-state index in [9.17, 15) is 9.90 Å². The summed E-state index contributed by atoms with van der Waals surface area (Å²) in [6, 6.07) is 7.65. The topological polar surface area (TPSA) is 40.5 Å². The van der Waals surface area contributed by atoms with Crippen LogP contribution in [0.2, 0.25) is 5.02 Å². The van der Waals surface area contributed by atoms with Crippen LogP contribution < -0.4 is 0 Å². The largest absolute Gasteiger partial charge is 0.390 e. The van der Waals surface area contributed by atoms with Crippen molar-refractivity contribution in [2.24, 2.45) is 0 Å². The molecule has 1 heterocycles. The average molecular weight is 296 g/mol. The highest BCUT2D eigenvalue weighted by Gasteiger charge is 2.26. The van der Waals surface area contributed by atoms with Gasteiger partial charge in [0.1, 0.15) is 0 Å². The number of carbonyl (C=O) groups excluding carboxylic acids is 1. The molecule has 1 unspecified atom stereocenters. The molecule has 0 aliphatic carbocycles. The van der Waals surface area contributed by atoms with Crippen molar-refractivity contribution >= 4 is 17.5 Å². The molecular weight excluding hydrogens is 274 g/mol. The van der Waals surface area contributed by atoms with Crippen LogP contribution in [0.5, 0.6) is 0 Å². The fourth-order valence-corrected chi connectivity index (χ4v) is 2.84. The van der Waals surface area contributed by atoms with Gasteiger partial charge in [0, 0.05) is 24.5 Å².